The number of aromatic nitrogens is 1. The van der Waals surface area contributed by atoms with Crippen molar-refractivity contribution in [3.8, 4) is 0 Å². The Balaban J connectivity index is 2.34. The zero-order valence-corrected chi connectivity index (χ0v) is 11.2. The molecule has 4 heteroatoms. The molecule has 0 aliphatic carbocycles. The molecule has 3 nitrogen and oxygen atoms in total. The number of nitrogens with zero attached hydrogens (tertiary/aromatic N) is 1. The Labute approximate surface area is 108 Å². The third-order valence-corrected chi connectivity index (χ3v) is 3.29. The number of ether oxygens (including phenoxy) is 1. The molecule has 0 radical (unpaired) electrons. The largest absolute Gasteiger partial charge is 0.465 e. The van der Waals surface area contributed by atoms with Crippen LogP contribution in [0, 0.1) is 0 Å². The summed E-state index contributed by atoms with van der Waals surface area (Å²) < 4.78 is 6.90. The van der Waals surface area contributed by atoms with Gasteiger partial charge in [0.05, 0.1) is 12.7 Å². The van der Waals surface area contributed by atoms with Gasteiger partial charge in [-0.1, -0.05) is 15.9 Å². The molecule has 2 aromatic rings. The number of esters is 1. The van der Waals surface area contributed by atoms with Crippen LogP contribution in [0.5, 0.6) is 0 Å². The maximum atomic E-state index is 11.4. The summed E-state index contributed by atoms with van der Waals surface area (Å²) in [5.74, 6) is -0.292. The van der Waals surface area contributed by atoms with Crippen molar-refractivity contribution in [2.24, 2.45) is 0 Å². The number of hydrogen-bond acceptors (Lipinski definition) is 2. The summed E-state index contributed by atoms with van der Waals surface area (Å²) >= 11 is 3.42. The molecular weight excluding hydrogens is 282 g/mol. The summed E-state index contributed by atoms with van der Waals surface area (Å²) in [5.41, 5.74) is 1.75. The summed E-state index contributed by atoms with van der Waals surface area (Å²) in [6, 6.07) is 7.66. The van der Waals surface area contributed by atoms with E-state index in [1.807, 2.05) is 24.4 Å². The van der Waals surface area contributed by atoms with Crippen LogP contribution in [0.1, 0.15) is 16.8 Å². The fourth-order valence-electron chi connectivity index (χ4n) is 1.87. The van der Waals surface area contributed by atoms with Crippen molar-refractivity contribution in [3.05, 3.63) is 36.0 Å². The molecule has 2 rings (SSSR count). The van der Waals surface area contributed by atoms with E-state index >= 15 is 0 Å². The molecule has 1 heterocycles. The minimum absolute atomic E-state index is 0.292. The van der Waals surface area contributed by atoms with Crippen LogP contribution in [0.25, 0.3) is 10.9 Å². The minimum atomic E-state index is -0.292. The first-order valence-electron chi connectivity index (χ1n) is 5.49. The third kappa shape index (κ3) is 2.52. The first-order chi connectivity index (χ1) is 8.26. The standard InChI is InChI=1S/C13H14BrNO2/c1-17-13(16)11-3-4-12-10(9-11)5-8-15(12)7-2-6-14/h3-5,8-9H,2,6-7H2,1H3. The average molecular weight is 296 g/mol. The van der Waals surface area contributed by atoms with Gasteiger partial charge in [-0.05, 0) is 30.7 Å². The summed E-state index contributed by atoms with van der Waals surface area (Å²) in [6.45, 7) is 0.978. The Morgan fingerprint density at radius 2 is 2.24 bits per heavy atom. The fraction of sp³-hybridized carbons (Fsp3) is 0.308. The van der Waals surface area contributed by atoms with Crippen molar-refractivity contribution in [2.75, 3.05) is 12.4 Å². The first-order valence-corrected chi connectivity index (χ1v) is 6.61. The van der Waals surface area contributed by atoms with Crippen LogP contribution < -0.4 is 0 Å². The number of alkyl halides is 1. The fourth-order valence-corrected chi connectivity index (χ4v) is 2.12. The van der Waals surface area contributed by atoms with Crippen LogP contribution in [0.3, 0.4) is 0 Å². The highest BCUT2D eigenvalue weighted by Crippen LogP contribution is 2.18. The number of halogens is 1. The van der Waals surface area contributed by atoms with Gasteiger partial charge >= 0.3 is 5.97 Å². The number of hydrogen-bond donors (Lipinski definition) is 0. The summed E-state index contributed by atoms with van der Waals surface area (Å²) in [4.78, 5) is 11.4. The molecule has 0 atom stereocenters. The molecule has 0 unspecified atom stereocenters. The highest BCUT2D eigenvalue weighted by atomic mass is 79.9. The maximum absolute atomic E-state index is 11.4. The van der Waals surface area contributed by atoms with Crippen LogP contribution in [-0.4, -0.2) is 23.0 Å². The van der Waals surface area contributed by atoms with Crippen LogP contribution in [0.4, 0.5) is 0 Å². The molecule has 90 valence electrons. The van der Waals surface area contributed by atoms with E-state index < -0.39 is 0 Å². The number of rotatable bonds is 4. The number of carbonyl (C=O) groups excluding carboxylic acids is 1. The Bertz CT molecular complexity index is 533. The predicted molar refractivity (Wildman–Crippen MR) is 71.7 cm³/mol. The van der Waals surface area contributed by atoms with Crippen molar-refractivity contribution < 1.29 is 9.53 Å². The number of carbonyl (C=O) groups is 1. The molecule has 0 fully saturated rings. The van der Waals surface area contributed by atoms with E-state index in [4.69, 9.17) is 4.74 Å². The Hall–Kier alpha value is -1.29. The molecule has 0 spiro atoms. The van der Waals surface area contributed by atoms with Crippen molar-refractivity contribution in [1.29, 1.82) is 0 Å². The Morgan fingerprint density at radius 1 is 1.41 bits per heavy atom. The molecule has 0 amide bonds. The van der Waals surface area contributed by atoms with E-state index in [0.29, 0.717) is 5.56 Å². The van der Waals surface area contributed by atoms with Crippen LogP contribution in [0.15, 0.2) is 30.5 Å². The molecule has 1 aromatic heterocycles. The minimum Gasteiger partial charge on any atom is -0.465 e. The van der Waals surface area contributed by atoms with Gasteiger partial charge in [-0.25, -0.2) is 4.79 Å². The highest BCUT2D eigenvalue weighted by molar-refractivity contribution is 9.09. The quantitative estimate of drug-likeness (QED) is 0.641. The van der Waals surface area contributed by atoms with Gasteiger partial charge in [0.25, 0.3) is 0 Å². The van der Waals surface area contributed by atoms with E-state index in [0.717, 1.165) is 29.2 Å². The second-order valence-electron chi connectivity index (χ2n) is 3.82. The van der Waals surface area contributed by atoms with Gasteiger partial charge in [-0.2, -0.15) is 0 Å². The molecule has 17 heavy (non-hydrogen) atoms. The average Bonchev–Trinajstić information content (AvgIpc) is 2.77. The molecule has 0 aliphatic heterocycles. The van der Waals surface area contributed by atoms with E-state index in [-0.39, 0.29) is 5.97 Å². The topological polar surface area (TPSA) is 31.2 Å². The van der Waals surface area contributed by atoms with Gasteiger partial charge < -0.3 is 9.30 Å². The van der Waals surface area contributed by atoms with E-state index in [2.05, 4.69) is 20.5 Å². The Kier molecular flexibility index (Phi) is 3.84. The van der Waals surface area contributed by atoms with Gasteiger partial charge in [0.1, 0.15) is 0 Å². The number of methoxy groups -OCH3 is 1. The third-order valence-electron chi connectivity index (χ3n) is 2.72. The molecule has 0 bridgehead atoms. The van der Waals surface area contributed by atoms with Crippen LogP contribution in [0.2, 0.25) is 0 Å². The monoisotopic (exact) mass is 295 g/mol. The zero-order valence-electron chi connectivity index (χ0n) is 9.65. The summed E-state index contributed by atoms with van der Waals surface area (Å²) in [6.07, 6.45) is 3.14. The van der Waals surface area contributed by atoms with Crippen molar-refractivity contribution >= 4 is 32.8 Å². The number of benzene rings is 1. The van der Waals surface area contributed by atoms with Gasteiger partial charge in [-0.15, -0.1) is 0 Å². The normalized spacial score (nSPS) is 10.7. The zero-order chi connectivity index (χ0) is 12.3. The van der Waals surface area contributed by atoms with Crippen molar-refractivity contribution in [1.82, 2.24) is 4.57 Å². The van der Waals surface area contributed by atoms with Crippen LogP contribution in [-0.2, 0) is 11.3 Å². The molecule has 0 saturated carbocycles. The summed E-state index contributed by atoms with van der Waals surface area (Å²) in [7, 11) is 1.40. The second-order valence-corrected chi connectivity index (χ2v) is 4.61. The lowest BCUT2D eigenvalue weighted by Crippen LogP contribution is -2.01. The molecule has 0 N–H and O–H groups in total. The van der Waals surface area contributed by atoms with Crippen molar-refractivity contribution in [3.63, 3.8) is 0 Å². The lowest BCUT2D eigenvalue weighted by atomic mass is 10.1. The van der Waals surface area contributed by atoms with Gasteiger partial charge in [-0.3, -0.25) is 0 Å². The first kappa shape index (κ1) is 12.2. The van der Waals surface area contributed by atoms with Gasteiger partial charge in [0.2, 0.25) is 0 Å². The second kappa shape index (κ2) is 5.36. The lowest BCUT2D eigenvalue weighted by molar-refractivity contribution is 0.0601. The van der Waals surface area contributed by atoms with Gasteiger partial charge in [0, 0.05) is 29.0 Å². The van der Waals surface area contributed by atoms with Crippen LogP contribution >= 0.6 is 15.9 Å². The smallest absolute Gasteiger partial charge is 0.337 e. The van der Waals surface area contributed by atoms with Crippen molar-refractivity contribution in [2.45, 2.75) is 13.0 Å². The Morgan fingerprint density at radius 3 is 2.94 bits per heavy atom. The maximum Gasteiger partial charge on any atom is 0.337 e. The summed E-state index contributed by atoms with van der Waals surface area (Å²) in [5, 5.41) is 2.06. The van der Waals surface area contributed by atoms with E-state index in [1.54, 1.807) is 6.07 Å². The van der Waals surface area contributed by atoms with E-state index in [9.17, 15) is 4.79 Å². The number of aryl methyl sites for hydroxylation is 1. The molecule has 0 saturated heterocycles. The van der Waals surface area contributed by atoms with Gasteiger partial charge in [0.15, 0.2) is 0 Å². The number of fused-ring (bicyclic) bond motifs is 1. The van der Waals surface area contributed by atoms with E-state index in [1.165, 1.54) is 7.11 Å². The molecule has 0 aliphatic rings. The SMILES string of the molecule is COC(=O)c1ccc2c(ccn2CCCBr)c1. The predicted octanol–water partition coefficient (Wildman–Crippen LogP) is 3.21. The lowest BCUT2D eigenvalue weighted by Gasteiger charge is -2.04. The highest BCUT2D eigenvalue weighted by Gasteiger charge is 2.07. The molecular formula is C13H14BrNO2. The molecule has 1 aromatic carbocycles.